The lowest BCUT2D eigenvalue weighted by atomic mass is 9.81. The lowest BCUT2D eigenvalue weighted by molar-refractivity contribution is -0.162. The van der Waals surface area contributed by atoms with E-state index >= 15 is 9.59 Å². The molecule has 0 aliphatic carbocycles. The number of imide groups is 1. The molecular weight excluding hydrogens is 1150 g/mol. The highest BCUT2D eigenvalue weighted by Crippen LogP contribution is 2.40. The van der Waals surface area contributed by atoms with Crippen LogP contribution in [0.4, 0.5) is 0 Å². The van der Waals surface area contributed by atoms with Gasteiger partial charge in [-0.15, -0.1) is 0 Å². The lowest BCUT2D eigenvalue weighted by Gasteiger charge is -2.42. The Balaban J connectivity index is 1.91. The number of hydrogen-bond donors (Lipinski definition) is 2. The fourth-order valence-electron chi connectivity index (χ4n) is 10.9. The molecule has 3 saturated heterocycles. The molecule has 0 aromatic heterocycles. The molecule has 0 aromatic carbocycles. The summed E-state index contributed by atoms with van der Waals surface area (Å²) in [5, 5.41) is 5.90. The first-order chi connectivity index (χ1) is 41.3. The van der Waals surface area contributed by atoms with Crippen LogP contribution in [0.1, 0.15) is 146 Å². The van der Waals surface area contributed by atoms with E-state index in [-0.39, 0.29) is 107 Å². The highest BCUT2D eigenvalue weighted by Gasteiger charge is 2.59. The molecule has 3 aliphatic heterocycles. The zero-order valence-electron chi connectivity index (χ0n) is 55.1. The number of carbonyl (C=O) groups excluding carboxylic acids is 11. The number of esters is 7. The van der Waals surface area contributed by atoms with Crippen molar-refractivity contribution in [1.29, 1.82) is 0 Å². The Kier molecular flexibility index (Phi) is 32.4. The van der Waals surface area contributed by atoms with E-state index in [0.29, 0.717) is 118 Å². The number of hydrogen-bond acceptors (Lipinski definition) is 24. The molecule has 2 N–H and O–H groups in total. The van der Waals surface area contributed by atoms with Crippen LogP contribution in [-0.4, -0.2) is 280 Å². The van der Waals surface area contributed by atoms with Crippen molar-refractivity contribution in [2.75, 3.05) is 146 Å². The quantitative estimate of drug-likeness (QED) is 0.0508. The van der Waals surface area contributed by atoms with Crippen molar-refractivity contribution in [3.8, 4) is 0 Å². The molecule has 502 valence electrons. The predicted molar refractivity (Wildman–Crippen MR) is 323 cm³/mol. The summed E-state index contributed by atoms with van der Waals surface area (Å²) in [6.07, 6.45) is 0.307. The maximum Gasteiger partial charge on any atom is 0.306 e. The highest BCUT2D eigenvalue weighted by atomic mass is 16.6. The summed E-state index contributed by atoms with van der Waals surface area (Å²) in [5.74, 6) is -4.70. The number of methoxy groups -OCH3 is 4. The van der Waals surface area contributed by atoms with Crippen LogP contribution >= 0.6 is 0 Å². The summed E-state index contributed by atoms with van der Waals surface area (Å²) in [6.45, 7) is 22.5. The fraction of sp³-hybridized carbons (Fsp3) is 0.820. The van der Waals surface area contributed by atoms with Crippen LogP contribution in [0.15, 0.2) is 0 Å². The van der Waals surface area contributed by atoms with Crippen molar-refractivity contribution in [2.45, 2.75) is 180 Å². The van der Waals surface area contributed by atoms with Gasteiger partial charge >= 0.3 is 41.8 Å². The Morgan fingerprint density at radius 2 is 0.716 bits per heavy atom. The monoisotopic (exact) mass is 1250 g/mol. The number of nitrogens with zero attached hydrogens (tertiary/aromatic N) is 7. The molecule has 0 aromatic rings. The first kappa shape index (κ1) is 76.4. The van der Waals surface area contributed by atoms with Gasteiger partial charge in [0.25, 0.3) is 0 Å². The van der Waals surface area contributed by atoms with Crippen molar-refractivity contribution < 1.29 is 85.9 Å². The van der Waals surface area contributed by atoms with Crippen molar-refractivity contribution >= 4 is 65.4 Å². The van der Waals surface area contributed by atoms with E-state index < -0.39 is 76.1 Å². The van der Waals surface area contributed by atoms with Gasteiger partial charge in [-0.2, -0.15) is 0 Å². The van der Waals surface area contributed by atoms with Crippen LogP contribution < -0.4 is 10.6 Å². The normalized spacial score (nSPS) is 17.6. The van der Waals surface area contributed by atoms with E-state index in [1.54, 1.807) is 62.3 Å². The average Bonchev–Trinajstić information content (AvgIpc) is 1.62. The molecule has 88 heavy (non-hydrogen) atoms. The fourth-order valence-corrected chi connectivity index (χ4v) is 10.9. The first-order valence-corrected chi connectivity index (χ1v) is 31.0. The van der Waals surface area contributed by atoms with Gasteiger partial charge in [0, 0.05) is 150 Å². The second-order valence-corrected chi connectivity index (χ2v) is 25.7. The standard InChI is InChI=1S/C61H105N9O18/c1-58(2,3)86-51(77)16-24-61(25-17-52(78)87-59(4,5)6,26-18-53(79)88-60(7,8)9)70-56(80)54(68-41-37-66(38-42-68)30-19-45(71)62-27-35-64(32-21-48(74)83-11)29-14-15-47(73)82-10)55(57(70)81)69-43-39-67(40-44-69)31-20-46(72)63-28-36-65(33-22-49(75)84-12)34-23-50(76)85-13/h54-55H,14-44H2,1-13H3,(H,62,71)(H,63,72). The van der Waals surface area contributed by atoms with Crippen molar-refractivity contribution in [3.63, 3.8) is 0 Å². The topological polar surface area (TPSA) is 299 Å². The number of ether oxygens (including phenoxy) is 7. The maximum absolute atomic E-state index is 15.8. The van der Waals surface area contributed by atoms with Gasteiger partial charge in [-0.05, 0) is 94.5 Å². The molecule has 0 radical (unpaired) electrons. The van der Waals surface area contributed by atoms with Gasteiger partial charge in [0.05, 0.1) is 53.2 Å². The van der Waals surface area contributed by atoms with E-state index in [0.717, 1.165) is 0 Å². The third-order valence-corrected chi connectivity index (χ3v) is 15.4. The Bertz CT molecular complexity index is 2200. The molecule has 4 amide bonds. The molecular formula is C61H105N9O18. The lowest BCUT2D eigenvalue weighted by Crippen LogP contribution is -2.61. The minimum Gasteiger partial charge on any atom is -0.469 e. The summed E-state index contributed by atoms with van der Waals surface area (Å²) in [6, 6.07) is -2.04. The van der Waals surface area contributed by atoms with Gasteiger partial charge in [0.2, 0.25) is 23.6 Å². The van der Waals surface area contributed by atoms with Crippen LogP contribution in [-0.2, 0) is 85.9 Å². The summed E-state index contributed by atoms with van der Waals surface area (Å²) >= 11 is 0. The Hall–Kier alpha value is -5.87. The number of likely N-dealkylation sites (tertiary alicyclic amines) is 1. The van der Waals surface area contributed by atoms with Gasteiger partial charge in [-0.3, -0.25) is 67.4 Å². The van der Waals surface area contributed by atoms with E-state index in [9.17, 15) is 43.2 Å². The van der Waals surface area contributed by atoms with E-state index in [2.05, 4.69) is 20.4 Å². The molecule has 27 nitrogen and oxygen atoms in total. The van der Waals surface area contributed by atoms with Gasteiger partial charge in [0.1, 0.15) is 28.9 Å². The molecule has 0 bridgehead atoms. The van der Waals surface area contributed by atoms with E-state index in [4.69, 9.17) is 33.2 Å². The van der Waals surface area contributed by atoms with Crippen LogP contribution in [0.25, 0.3) is 0 Å². The summed E-state index contributed by atoms with van der Waals surface area (Å²) in [4.78, 5) is 160. The third-order valence-electron chi connectivity index (χ3n) is 15.4. The predicted octanol–water partition coefficient (Wildman–Crippen LogP) is 1.69. The molecule has 0 saturated carbocycles. The van der Waals surface area contributed by atoms with Gasteiger partial charge in [-0.25, -0.2) is 0 Å². The van der Waals surface area contributed by atoms with Gasteiger partial charge in [0.15, 0.2) is 0 Å². The number of nitrogens with one attached hydrogen (secondary N) is 2. The van der Waals surface area contributed by atoms with Crippen LogP contribution in [0.5, 0.6) is 0 Å². The number of amides is 4. The SMILES string of the molecule is COC(=O)CCCN(CCNC(=O)CCN1CCN(C2C(=O)N(C(CCC(=O)OC(C)(C)C)(CCC(=O)OC(C)(C)C)CCC(=O)OC(C)(C)C)C(=O)C2N2CCN(CCC(=O)NCCN(CCC(=O)OC)CCC(=O)OC)CC2)CC1)CCC(=O)OC. The summed E-state index contributed by atoms with van der Waals surface area (Å²) in [7, 11) is 5.24. The van der Waals surface area contributed by atoms with Crippen LogP contribution in [0.3, 0.4) is 0 Å². The number of rotatable bonds is 37. The minimum absolute atomic E-state index is 0.113. The molecule has 0 spiro atoms. The highest BCUT2D eigenvalue weighted by molar-refractivity contribution is 6.10. The Labute approximate surface area is 521 Å². The smallest absolute Gasteiger partial charge is 0.306 e. The van der Waals surface area contributed by atoms with E-state index in [1.165, 1.54) is 33.3 Å². The van der Waals surface area contributed by atoms with E-state index in [1.807, 2.05) is 19.6 Å². The van der Waals surface area contributed by atoms with Crippen molar-refractivity contribution in [1.82, 2.24) is 44.9 Å². The zero-order valence-corrected chi connectivity index (χ0v) is 55.1. The molecule has 2 unspecified atom stereocenters. The van der Waals surface area contributed by atoms with Gasteiger partial charge < -0.3 is 63.4 Å². The Morgan fingerprint density at radius 1 is 0.409 bits per heavy atom. The zero-order chi connectivity index (χ0) is 65.8. The molecule has 3 aliphatic rings. The second-order valence-electron chi connectivity index (χ2n) is 25.7. The average molecular weight is 1250 g/mol. The third kappa shape index (κ3) is 28.7. The minimum atomic E-state index is -1.57. The summed E-state index contributed by atoms with van der Waals surface area (Å²) < 4.78 is 36.3. The largest absolute Gasteiger partial charge is 0.469 e. The van der Waals surface area contributed by atoms with Crippen LogP contribution in [0.2, 0.25) is 0 Å². The number of carbonyl (C=O) groups is 11. The summed E-state index contributed by atoms with van der Waals surface area (Å²) in [5.41, 5.74) is -4.17. The van der Waals surface area contributed by atoms with Crippen LogP contribution in [0, 0.1) is 0 Å². The molecule has 27 heteroatoms. The van der Waals surface area contributed by atoms with Crippen molar-refractivity contribution in [2.24, 2.45) is 0 Å². The maximum atomic E-state index is 15.8. The van der Waals surface area contributed by atoms with Gasteiger partial charge in [-0.1, -0.05) is 0 Å². The molecule has 2 atom stereocenters. The molecule has 3 fully saturated rings. The molecule has 3 rings (SSSR count). The first-order valence-electron chi connectivity index (χ1n) is 31.0. The Morgan fingerprint density at radius 3 is 1.02 bits per heavy atom. The second kappa shape index (κ2) is 37.3. The molecule has 3 heterocycles. The van der Waals surface area contributed by atoms with Crippen molar-refractivity contribution in [3.05, 3.63) is 0 Å². The number of piperazine rings is 2.